The standard InChI is InChI=1S/C33H48BN3O4/c1-8-20(4)28(36-30(38)25(35)16-21-13-14-22-11-9-10-12-23(22)15-21)31(39)37-29(19(2)3)34-40-27-18-24-17-26(32(24,5)6)33(27,7)41-34/h9-15,19-20,24-29H,8,16-18,35H2,1-7H3,(H,36,38)(H,37,39)/t20?,24-,25+,26-,27+,28-,29-,33-/m0/s1. The van der Waals surface area contributed by atoms with Crippen molar-refractivity contribution in [2.75, 3.05) is 0 Å². The Morgan fingerprint density at radius 3 is 2.39 bits per heavy atom. The molecule has 2 bridgehead atoms. The number of hydrogen-bond acceptors (Lipinski definition) is 5. The minimum atomic E-state index is -0.768. The predicted octanol–water partition coefficient (Wildman–Crippen LogP) is 4.65. The van der Waals surface area contributed by atoms with E-state index in [1.165, 1.54) is 6.42 Å². The fraction of sp³-hybridized carbons (Fsp3) is 0.636. The molecule has 1 unspecified atom stereocenters. The summed E-state index contributed by atoms with van der Waals surface area (Å²) in [5.74, 6) is 0.236. The summed E-state index contributed by atoms with van der Waals surface area (Å²) in [5.41, 5.74) is 7.26. The van der Waals surface area contributed by atoms with Gasteiger partial charge in [-0.3, -0.25) is 9.59 Å². The average Bonchev–Trinajstić information content (AvgIpc) is 3.30. The molecule has 0 aromatic heterocycles. The molecule has 2 amide bonds. The molecule has 1 aliphatic heterocycles. The summed E-state index contributed by atoms with van der Waals surface area (Å²) < 4.78 is 13.2. The van der Waals surface area contributed by atoms with Crippen LogP contribution in [0.2, 0.25) is 0 Å². The van der Waals surface area contributed by atoms with Gasteiger partial charge in [-0.1, -0.05) is 90.4 Å². The monoisotopic (exact) mass is 561 g/mol. The maximum Gasteiger partial charge on any atom is 0.481 e. The first-order valence-electron chi connectivity index (χ1n) is 15.5. The van der Waals surface area contributed by atoms with E-state index in [0.29, 0.717) is 18.3 Å². The van der Waals surface area contributed by atoms with Crippen molar-refractivity contribution >= 4 is 29.7 Å². The molecule has 0 spiro atoms. The van der Waals surface area contributed by atoms with E-state index < -0.39 is 19.2 Å². The molecular formula is C33H48BN3O4. The van der Waals surface area contributed by atoms with Gasteiger partial charge >= 0.3 is 7.12 Å². The van der Waals surface area contributed by atoms with E-state index in [4.69, 9.17) is 15.0 Å². The second kappa shape index (κ2) is 11.3. The lowest BCUT2D eigenvalue weighted by molar-refractivity contribution is -0.199. The highest BCUT2D eigenvalue weighted by atomic mass is 16.7. The van der Waals surface area contributed by atoms with Crippen LogP contribution in [0.5, 0.6) is 0 Å². The lowest BCUT2D eigenvalue weighted by Gasteiger charge is -2.64. The number of hydrogen-bond donors (Lipinski definition) is 3. The summed E-state index contributed by atoms with van der Waals surface area (Å²) in [6.45, 7) is 15.0. The van der Waals surface area contributed by atoms with Gasteiger partial charge in [0.2, 0.25) is 11.8 Å². The second-order valence-corrected chi connectivity index (χ2v) is 14.0. The highest BCUT2D eigenvalue weighted by Crippen LogP contribution is 2.65. The zero-order valence-electron chi connectivity index (χ0n) is 25.8. The lowest BCUT2D eigenvalue weighted by atomic mass is 9.43. The van der Waals surface area contributed by atoms with Crippen LogP contribution < -0.4 is 16.4 Å². The summed E-state index contributed by atoms with van der Waals surface area (Å²) >= 11 is 0. The van der Waals surface area contributed by atoms with Gasteiger partial charge in [-0.05, 0) is 71.6 Å². The fourth-order valence-electron chi connectivity index (χ4n) is 7.53. The van der Waals surface area contributed by atoms with Crippen molar-refractivity contribution in [1.82, 2.24) is 10.6 Å². The Hall–Kier alpha value is -2.42. The molecule has 4 aliphatic rings. The molecule has 6 rings (SSSR count). The molecular weight excluding hydrogens is 513 g/mol. The highest BCUT2D eigenvalue weighted by molar-refractivity contribution is 6.48. The van der Waals surface area contributed by atoms with Crippen LogP contribution in [0.1, 0.15) is 73.3 Å². The van der Waals surface area contributed by atoms with Crippen LogP contribution in [-0.4, -0.2) is 48.7 Å². The summed E-state index contributed by atoms with van der Waals surface area (Å²) in [6.07, 6.45) is 3.34. The Bertz CT molecular complexity index is 1280. The summed E-state index contributed by atoms with van der Waals surface area (Å²) in [7, 11) is -0.521. The second-order valence-electron chi connectivity index (χ2n) is 14.0. The first-order chi connectivity index (χ1) is 19.3. The molecule has 4 fully saturated rings. The van der Waals surface area contributed by atoms with Gasteiger partial charge < -0.3 is 25.7 Å². The molecule has 8 heteroatoms. The van der Waals surface area contributed by atoms with Crippen molar-refractivity contribution in [3.63, 3.8) is 0 Å². The van der Waals surface area contributed by atoms with E-state index in [1.807, 2.05) is 38.1 Å². The molecule has 0 radical (unpaired) electrons. The summed E-state index contributed by atoms with van der Waals surface area (Å²) in [4.78, 5) is 27.0. The van der Waals surface area contributed by atoms with Gasteiger partial charge in [-0.15, -0.1) is 0 Å². The highest BCUT2D eigenvalue weighted by Gasteiger charge is 2.68. The third-order valence-electron chi connectivity index (χ3n) is 10.7. The van der Waals surface area contributed by atoms with E-state index in [9.17, 15) is 9.59 Å². The number of nitrogens with one attached hydrogen (secondary N) is 2. The zero-order chi connectivity index (χ0) is 29.7. The molecule has 3 saturated carbocycles. The Morgan fingerprint density at radius 1 is 1.02 bits per heavy atom. The molecule has 2 aromatic carbocycles. The van der Waals surface area contributed by atoms with Crippen molar-refractivity contribution in [3.05, 3.63) is 48.0 Å². The van der Waals surface area contributed by atoms with Gasteiger partial charge in [-0.25, -0.2) is 0 Å². The minimum Gasteiger partial charge on any atom is -0.404 e. The van der Waals surface area contributed by atoms with Crippen molar-refractivity contribution in [1.29, 1.82) is 0 Å². The van der Waals surface area contributed by atoms with Crippen LogP contribution in [0.3, 0.4) is 0 Å². The summed E-state index contributed by atoms with van der Waals surface area (Å²) in [5, 5.41) is 8.46. The third kappa shape index (κ3) is 5.55. The molecule has 8 atom stereocenters. The molecule has 1 saturated heterocycles. The average molecular weight is 562 g/mol. The van der Waals surface area contributed by atoms with Crippen LogP contribution in [0.4, 0.5) is 0 Å². The van der Waals surface area contributed by atoms with Gasteiger partial charge in [0.1, 0.15) is 6.04 Å². The molecule has 3 aliphatic carbocycles. The van der Waals surface area contributed by atoms with Crippen molar-refractivity contribution in [3.8, 4) is 0 Å². The number of benzene rings is 2. The fourth-order valence-corrected chi connectivity index (χ4v) is 7.53. The molecule has 222 valence electrons. The van der Waals surface area contributed by atoms with E-state index >= 15 is 0 Å². The molecule has 1 heterocycles. The van der Waals surface area contributed by atoms with Crippen LogP contribution in [-0.2, 0) is 25.3 Å². The van der Waals surface area contributed by atoms with Gasteiger partial charge in [-0.2, -0.15) is 0 Å². The number of nitrogens with two attached hydrogens (primary N) is 1. The SMILES string of the molecule is CCC(C)[C@H](NC(=O)[C@H](N)Cc1ccc2ccccc2c1)C(=O)N[C@H](B1O[C@@H]2C[C@@H]3C[C@@H](C3(C)C)[C@]2(C)O1)C(C)C. The van der Waals surface area contributed by atoms with Crippen molar-refractivity contribution in [2.45, 2.75) is 104 Å². The van der Waals surface area contributed by atoms with Crippen molar-refractivity contribution in [2.24, 2.45) is 34.8 Å². The zero-order valence-corrected chi connectivity index (χ0v) is 25.8. The van der Waals surface area contributed by atoms with Crippen LogP contribution in [0.25, 0.3) is 10.8 Å². The maximum absolute atomic E-state index is 13.8. The van der Waals surface area contributed by atoms with Crippen LogP contribution in [0.15, 0.2) is 42.5 Å². The Labute approximate surface area is 245 Å². The first kappa shape index (κ1) is 30.1. The number of rotatable bonds is 10. The smallest absolute Gasteiger partial charge is 0.404 e. The molecule has 4 N–H and O–H groups in total. The van der Waals surface area contributed by atoms with E-state index in [0.717, 1.165) is 29.2 Å². The van der Waals surface area contributed by atoms with Crippen LogP contribution >= 0.6 is 0 Å². The molecule has 41 heavy (non-hydrogen) atoms. The number of amides is 2. The molecule has 2 aromatic rings. The van der Waals surface area contributed by atoms with Gasteiger partial charge in [0, 0.05) is 0 Å². The first-order valence-corrected chi connectivity index (χ1v) is 15.5. The predicted molar refractivity (Wildman–Crippen MR) is 164 cm³/mol. The van der Waals surface area contributed by atoms with E-state index in [1.54, 1.807) is 0 Å². The normalized spacial score (nSPS) is 29.3. The largest absolute Gasteiger partial charge is 0.481 e. The van der Waals surface area contributed by atoms with Gasteiger partial charge in [0.05, 0.1) is 23.7 Å². The maximum atomic E-state index is 13.8. The summed E-state index contributed by atoms with van der Waals surface area (Å²) in [6, 6.07) is 12.8. The third-order valence-corrected chi connectivity index (χ3v) is 10.7. The Kier molecular flexibility index (Phi) is 8.32. The molecule has 7 nitrogen and oxygen atoms in total. The topological polar surface area (TPSA) is 103 Å². The van der Waals surface area contributed by atoms with Crippen molar-refractivity contribution < 1.29 is 18.9 Å². The number of carbonyl (C=O) groups is 2. The Balaban J connectivity index is 1.25. The lowest BCUT2D eigenvalue weighted by Crippen LogP contribution is -2.65. The van der Waals surface area contributed by atoms with E-state index in [-0.39, 0.29) is 46.7 Å². The number of carbonyl (C=O) groups excluding carboxylic acids is 2. The number of fused-ring (bicyclic) bond motifs is 1. The van der Waals surface area contributed by atoms with Gasteiger partial charge in [0.25, 0.3) is 0 Å². The quantitative estimate of drug-likeness (QED) is 0.367. The van der Waals surface area contributed by atoms with E-state index in [2.05, 4.69) is 63.5 Å². The van der Waals surface area contributed by atoms with Gasteiger partial charge in [0.15, 0.2) is 0 Å². The minimum absolute atomic E-state index is 0.0422. The Morgan fingerprint density at radius 2 is 1.73 bits per heavy atom. The van der Waals surface area contributed by atoms with Crippen LogP contribution in [0, 0.1) is 29.1 Å².